The maximum atomic E-state index is 12.4. The van der Waals surface area contributed by atoms with Crippen molar-refractivity contribution >= 4 is 41.8 Å². The SMILES string of the molecule is CCNC(=NCC(C)(O)c1ccco1)NCCCCN1C(=O)c2ccccc2C1=O.I. The molecule has 1 atom stereocenters. The second-order valence-electron chi connectivity index (χ2n) is 7.39. The zero-order chi connectivity index (χ0) is 21.6. The van der Waals surface area contributed by atoms with E-state index in [2.05, 4.69) is 15.6 Å². The third kappa shape index (κ3) is 6.07. The van der Waals surface area contributed by atoms with Gasteiger partial charge in [-0.2, -0.15) is 0 Å². The van der Waals surface area contributed by atoms with Crippen LogP contribution in [0, 0.1) is 0 Å². The first-order chi connectivity index (χ1) is 14.4. The van der Waals surface area contributed by atoms with Crippen LogP contribution >= 0.6 is 24.0 Å². The van der Waals surface area contributed by atoms with Crippen molar-refractivity contribution in [2.75, 3.05) is 26.2 Å². The van der Waals surface area contributed by atoms with Crippen LogP contribution in [-0.4, -0.2) is 54.0 Å². The molecule has 1 aliphatic heterocycles. The fourth-order valence-corrected chi connectivity index (χ4v) is 3.28. The number of unbranched alkanes of at least 4 members (excludes halogenated alkanes) is 1. The van der Waals surface area contributed by atoms with Gasteiger partial charge < -0.3 is 20.2 Å². The number of guanidine groups is 1. The Balaban J connectivity index is 0.00000341. The topological polar surface area (TPSA) is 107 Å². The minimum absolute atomic E-state index is 0. The van der Waals surface area contributed by atoms with E-state index in [1.807, 2.05) is 6.92 Å². The molecule has 3 rings (SSSR count). The molecule has 0 bridgehead atoms. The number of rotatable bonds is 9. The van der Waals surface area contributed by atoms with Crippen LogP contribution in [0.4, 0.5) is 0 Å². The van der Waals surface area contributed by atoms with Crippen LogP contribution in [0.3, 0.4) is 0 Å². The number of aliphatic imine (C=N–C) groups is 1. The summed E-state index contributed by atoms with van der Waals surface area (Å²) in [6.07, 6.45) is 2.96. The molecule has 0 fully saturated rings. The van der Waals surface area contributed by atoms with Crippen molar-refractivity contribution in [3.63, 3.8) is 0 Å². The van der Waals surface area contributed by atoms with Gasteiger partial charge >= 0.3 is 0 Å². The van der Waals surface area contributed by atoms with Gasteiger partial charge in [-0.05, 0) is 51.0 Å². The monoisotopic (exact) mass is 540 g/mol. The summed E-state index contributed by atoms with van der Waals surface area (Å²) in [6, 6.07) is 10.4. The first-order valence-electron chi connectivity index (χ1n) is 10.2. The van der Waals surface area contributed by atoms with Crippen LogP contribution in [-0.2, 0) is 5.60 Å². The molecule has 0 aliphatic carbocycles. The van der Waals surface area contributed by atoms with Gasteiger partial charge in [-0.25, -0.2) is 4.99 Å². The van der Waals surface area contributed by atoms with E-state index in [4.69, 9.17) is 4.42 Å². The standard InChI is InChI=1S/C22H28N4O4.HI/c1-3-23-21(25-15-22(2,29)18-11-8-14-30-18)24-12-6-7-13-26-19(27)16-9-4-5-10-17(16)20(26)28;/h4-5,8-11,14,29H,3,6-7,12-13,15H2,1-2H3,(H2,23,24,25);1H. The van der Waals surface area contributed by atoms with E-state index in [1.54, 1.807) is 43.3 Å². The van der Waals surface area contributed by atoms with Gasteiger partial charge in [-0.3, -0.25) is 14.5 Å². The van der Waals surface area contributed by atoms with Crippen LogP contribution in [0.25, 0.3) is 0 Å². The molecule has 2 heterocycles. The molecular weight excluding hydrogens is 511 g/mol. The predicted molar refractivity (Wildman–Crippen MR) is 129 cm³/mol. The van der Waals surface area contributed by atoms with Gasteiger partial charge in [0.05, 0.1) is 23.9 Å². The second-order valence-corrected chi connectivity index (χ2v) is 7.39. The van der Waals surface area contributed by atoms with Crippen molar-refractivity contribution in [1.82, 2.24) is 15.5 Å². The molecule has 0 saturated carbocycles. The summed E-state index contributed by atoms with van der Waals surface area (Å²) >= 11 is 0. The number of imide groups is 1. The zero-order valence-corrected chi connectivity index (χ0v) is 20.1. The van der Waals surface area contributed by atoms with E-state index < -0.39 is 5.60 Å². The van der Waals surface area contributed by atoms with Gasteiger partial charge in [0.25, 0.3) is 11.8 Å². The summed E-state index contributed by atoms with van der Waals surface area (Å²) < 4.78 is 5.27. The normalized spacial score (nSPS) is 15.3. The van der Waals surface area contributed by atoms with E-state index in [0.717, 1.165) is 6.42 Å². The molecule has 2 amide bonds. The number of amides is 2. The maximum Gasteiger partial charge on any atom is 0.261 e. The number of furan rings is 1. The number of fused-ring (bicyclic) bond motifs is 1. The van der Waals surface area contributed by atoms with Gasteiger partial charge in [0.2, 0.25) is 0 Å². The third-order valence-corrected chi connectivity index (χ3v) is 4.92. The number of carbonyl (C=O) groups is 2. The molecule has 1 aromatic heterocycles. The van der Waals surface area contributed by atoms with E-state index in [1.165, 1.54) is 11.2 Å². The number of aliphatic hydroxyl groups is 1. The summed E-state index contributed by atoms with van der Waals surface area (Å²) in [5.74, 6) is 0.602. The lowest BCUT2D eigenvalue weighted by atomic mass is 10.0. The molecule has 31 heavy (non-hydrogen) atoms. The molecule has 0 saturated heterocycles. The van der Waals surface area contributed by atoms with Crippen LogP contribution in [0.2, 0.25) is 0 Å². The maximum absolute atomic E-state index is 12.4. The Labute approximate surface area is 199 Å². The van der Waals surface area contributed by atoms with Gasteiger partial charge in [-0.1, -0.05) is 12.1 Å². The molecule has 0 spiro atoms. The van der Waals surface area contributed by atoms with Gasteiger partial charge in [-0.15, -0.1) is 24.0 Å². The molecule has 0 radical (unpaired) electrons. The smallest absolute Gasteiger partial charge is 0.261 e. The van der Waals surface area contributed by atoms with Crippen molar-refractivity contribution in [1.29, 1.82) is 0 Å². The summed E-state index contributed by atoms with van der Waals surface area (Å²) in [7, 11) is 0. The highest BCUT2D eigenvalue weighted by molar-refractivity contribution is 14.0. The van der Waals surface area contributed by atoms with Gasteiger partial charge in [0.1, 0.15) is 11.4 Å². The summed E-state index contributed by atoms with van der Waals surface area (Å²) in [4.78, 5) is 30.5. The minimum atomic E-state index is -1.20. The van der Waals surface area contributed by atoms with Crippen molar-refractivity contribution in [2.24, 2.45) is 4.99 Å². The number of benzene rings is 1. The first-order valence-corrected chi connectivity index (χ1v) is 10.2. The summed E-state index contributed by atoms with van der Waals surface area (Å²) in [5.41, 5.74) is -0.242. The van der Waals surface area contributed by atoms with E-state index in [0.29, 0.717) is 48.9 Å². The summed E-state index contributed by atoms with van der Waals surface area (Å²) in [5, 5.41) is 16.9. The fourth-order valence-electron chi connectivity index (χ4n) is 3.28. The molecule has 1 aromatic carbocycles. The largest absolute Gasteiger partial charge is 0.466 e. The summed E-state index contributed by atoms with van der Waals surface area (Å²) in [6.45, 7) is 5.45. The van der Waals surface area contributed by atoms with Crippen LogP contribution < -0.4 is 10.6 Å². The Morgan fingerprint density at radius 2 is 1.77 bits per heavy atom. The predicted octanol–water partition coefficient (Wildman–Crippen LogP) is 2.74. The molecule has 1 aliphatic rings. The Morgan fingerprint density at radius 1 is 1.10 bits per heavy atom. The Kier molecular flexibility index (Phi) is 9.05. The lowest BCUT2D eigenvalue weighted by Crippen LogP contribution is -2.39. The van der Waals surface area contributed by atoms with Crippen LogP contribution in [0.15, 0.2) is 52.1 Å². The Bertz CT molecular complexity index is 877. The molecule has 3 N–H and O–H groups in total. The molecule has 8 nitrogen and oxygen atoms in total. The van der Waals surface area contributed by atoms with Crippen molar-refractivity contribution in [3.05, 3.63) is 59.5 Å². The molecular formula is C22H29IN4O4. The quantitative estimate of drug-likeness (QED) is 0.149. The van der Waals surface area contributed by atoms with Crippen molar-refractivity contribution in [2.45, 2.75) is 32.3 Å². The lowest BCUT2D eigenvalue weighted by Gasteiger charge is -2.19. The highest BCUT2D eigenvalue weighted by Crippen LogP contribution is 2.23. The average Bonchev–Trinajstić information content (AvgIpc) is 3.36. The highest BCUT2D eigenvalue weighted by atomic mass is 127. The van der Waals surface area contributed by atoms with Crippen LogP contribution in [0.1, 0.15) is 53.2 Å². The van der Waals surface area contributed by atoms with E-state index in [-0.39, 0.29) is 42.3 Å². The van der Waals surface area contributed by atoms with Gasteiger partial charge in [0.15, 0.2) is 5.96 Å². The Hall–Kier alpha value is -2.40. The second kappa shape index (κ2) is 11.3. The minimum Gasteiger partial charge on any atom is -0.466 e. The third-order valence-electron chi connectivity index (χ3n) is 4.92. The van der Waals surface area contributed by atoms with Gasteiger partial charge in [0, 0.05) is 19.6 Å². The average molecular weight is 540 g/mol. The fraction of sp³-hybridized carbons (Fsp3) is 0.409. The van der Waals surface area contributed by atoms with Crippen molar-refractivity contribution < 1.29 is 19.1 Å². The number of carbonyl (C=O) groups excluding carboxylic acids is 2. The molecule has 168 valence electrons. The van der Waals surface area contributed by atoms with E-state index in [9.17, 15) is 14.7 Å². The van der Waals surface area contributed by atoms with E-state index >= 15 is 0 Å². The molecule has 1 unspecified atom stereocenters. The first kappa shape index (κ1) is 24.9. The van der Waals surface area contributed by atoms with Crippen LogP contribution in [0.5, 0.6) is 0 Å². The number of hydrogen-bond acceptors (Lipinski definition) is 5. The lowest BCUT2D eigenvalue weighted by molar-refractivity contribution is 0.0437. The molecule has 9 heteroatoms. The highest BCUT2D eigenvalue weighted by Gasteiger charge is 2.34. The number of nitrogens with zero attached hydrogens (tertiary/aromatic N) is 2. The Morgan fingerprint density at radius 3 is 2.35 bits per heavy atom. The van der Waals surface area contributed by atoms with Crippen molar-refractivity contribution in [3.8, 4) is 0 Å². The number of halogens is 1. The molecule has 2 aromatic rings. The number of nitrogens with one attached hydrogen (secondary N) is 2. The zero-order valence-electron chi connectivity index (χ0n) is 17.8. The number of hydrogen-bond donors (Lipinski definition) is 3.